The molecule has 0 amide bonds. The Kier molecular flexibility index (Phi) is 9.79. The zero-order valence-electron chi connectivity index (χ0n) is 15.1. The number of nitrogens with one attached hydrogen (secondary N) is 2. The number of phenolic OH excluding ortho intramolecular Hbond substituents is 1. The van der Waals surface area contributed by atoms with Crippen molar-refractivity contribution in [2.75, 3.05) is 13.7 Å². The van der Waals surface area contributed by atoms with E-state index in [1.807, 2.05) is 37.3 Å². The SMILES string of the molecule is CCNC(=NCc1cccc(OC)c1O)NC(C)c1ccccc1Br.I. The second kappa shape index (κ2) is 11.3. The van der Waals surface area contributed by atoms with Crippen LogP contribution < -0.4 is 15.4 Å². The van der Waals surface area contributed by atoms with E-state index in [1.54, 1.807) is 6.07 Å². The Balaban J connectivity index is 0.00000338. The first-order chi connectivity index (χ1) is 12.1. The number of rotatable bonds is 6. The number of hydrogen-bond donors (Lipinski definition) is 3. The van der Waals surface area contributed by atoms with Gasteiger partial charge in [-0.3, -0.25) is 0 Å². The number of benzene rings is 2. The Morgan fingerprint density at radius 3 is 2.62 bits per heavy atom. The fraction of sp³-hybridized carbons (Fsp3) is 0.316. The predicted octanol–water partition coefficient (Wildman–Crippen LogP) is 4.60. The van der Waals surface area contributed by atoms with Crippen LogP contribution in [0.2, 0.25) is 0 Å². The lowest BCUT2D eigenvalue weighted by Gasteiger charge is -2.19. The molecule has 0 aliphatic carbocycles. The molecule has 2 rings (SSSR count). The molecule has 1 atom stereocenters. The molecule has 0 aliphatic rings. The van der Waals surface area contributed by atoms with Crippen LogP contribution in [0.1, 0.15) is 31.0 Å². The number of nitrogens with zero attached hydrogens (tertiary/aromatic N) is 1. The highest BCUT2D eigenvalue weighted by atomic mass is 127. The third kappa shape index (κ3) is 6.05. The van der Waals surface area contributed by atoms with Gasteiger partial charge in [0.05, 0.1) is 19.7 Å². The van der Waals surface area contributed by atoms with Crippen molar-refractivity contribution in [3.05, 3.63) is 58.1 Å². The third-order valence-corrected chi connectivity index (χ3v) is 4.50. The maximum absolute atomic E-state index is 10.2. The average molecular weight is 534 g/mol. The van der Waals surface area contributed by atoms with Crippen LogP contribution in [-0.2, 0) is 6.54 Å². The molecule has 1 unspecified atom stereocenters. The number of phenols is 1. The van der Waals surface area contributed by atoms with Gasteiger partial charge in [-0.2, -0.15) is 0 Å². The Morgan fingerprint density at radius 1 is 1.23 bits per heavy atom. The number of methoxy groups -OCH3 is 1. The molecular formula is C19H25BrIN3O2. The summed E-state index contributed by atoms with van der Waals surface area (Å²) in [6.45, 7) is 5.19. The summed E-state index contributed by atoms with van der Waals surface area (Å²) < 4.78 is 6.19. The minimum absolute atomic E-state index is 0. The van der Waals surface area contributed by atoms with Gasteiger partial charge < -0.3 is 20.5 Å². The summed E-state index contributed by atoms with van der Waals surface area (Å²) in [7, 11) is 1.53. The fourth-order valence-electron chi connectivity index (χ4n) is 2.45. The van der Waals surface area contributed by atoms with Crippen molar-refractivity contribution in [2.45, 2.75) is 26.4 Å². The van der Waals surface area contributed by atoms with Gasteiger partial charge >= 0.3 is 0 Å². The van der Waals surface area contributed by atoms with E-state index in [-0.39, 0.29) is 35.8 Å². The largest absolute Gasteiger partial charge is 0.504 e. The molecule has 0 spiro atoms. The first-order valence-electron chi connectivity index (χ1n) is 8.21. The summed E-state index contributed by atoms with van der Waals surface area (Å²) in [5.41, 5.74) is 1.86. The van der Waals surface area contributed by atoms with E-state index in [4.69, 9.17) is 4.74 Å². The van der Waals surface area contributed by atoms with Crippen LogP contribution in [0.4, 0.5) is 0 Å². The quantitative estimate of drug-likeness (QED) is 0.288. The normalized spacial score (nSPS) is 12.1. The number of aliphatic imine (C=N–C) groups is 1. The van der Waals surface area contributed by atoms with Crippen molar-refractivity contribution in [3.63, 3.8) is 0 Å². The number of para-hydroxylation sites is 1. The second-order valence-electron chi connectivity index (χ2n) is 5.55. The van der Waals surface area contributed by atoms with Gasteiger partial charge in [0.2, 0.25) is 0 Å². The van der Waals surface area contributed by atoms with Crippen molar-refractivity contribution in [1.82, 2.24) is 10.6 Å². The van der Waals surface area contributed by atoms with Gasteiger partial charge in [0.15, 0.2) is 17.5 Å². The van der Waals surface area contributed by atoms with Gasteiger partial charge in [-0.15, -0.1) is 24.0 Å². The third-order valence-electron chi connectivity index (χ3n) is 3.78. The molecule has 3 N–H and O–H groups in total. The van der Waals surface area contributed by atoms with E-state index in [0.717, 1.165) is 16.6 Å². The van der Waals surface area contributed by atoms with E-state index in [2.05, 4.69) is 44.5 Å². The highest BCUT2D eigenvalue weighted by Gasteiger charge is 2.11. The van der Waals surface area contributed by atoms with E-state index in [9.17, 15) is 5.11 Å². The maximum Gasteiger partial charge on any atom is 0.192 e. The Morgan fingerprint density at radius 2 is 1.96 bits per heavy atom. The van der Waals surface area contributed by atoms with E-state index >= 15 is 0 Å². The zero-order chi connectivity index (χ0) is 18.2. The van der Waals surface area contributed by atoms with E-state index < -0.39 is 0 Å². The number of guanidine groups is 1. The molecule has 0 saturated carbocycles. The topological polar surface area (TPSA) is 65.9 Å². The number of halogens is 2. The first kappa shape index (κ1) is 22.6. The van der Waals surface area contributed by atoms with Crippen LogP contribution in [0, 0.1) is 0 Å². The van der Waals surface area contributed by atoms with Gasteiger partial charge in [0, 0.05) is 16.6 Å². The predicted molar refractivity (Wildman–Crippen MR) is 121 cm³/mol. The first-order valence-corrected chi connectivity index (χ1v) is 9.00. The van der Waals surface area contributed by atoms with Gasteiger partial charge in [-0.1, -0.05) is 46.3 Å². The van der Waals surface area contributed by atoms with Crippen LogP contribution in [0.25, 0.3) is 0 Å². The molecular weight excluding hydrogens is 509 g/mol. The maximum atomic E-state index is 10.2. The molecule has 0 aromatic heterocycles. The van der Waals surface area contributed by atoms with Gasteiger partial charge in [-0.05, 0) is 31.5 Å². The molecule has 0 fully saturated rings. The minimum atomic E-state index is 0. The van der Waals surface area contributed by atoms with Crippen LogP contribution in [0.3, 0.4) is 0 Å². The second-order valence-corrected chi connectivity index (χ2v) is 6.41. The number of aromatic hydroxyl groups is 1. The molecule has 7 heteroatoms. The van der Waals surface area contributed by atoms with Crippen LogP contribution in [0.5, 0.6) is 11.5 Å². The average Bonchev–Trinajstić information content (AvgIpc) is 2.61. The molecule has 0 heterocycles. The Labute approximate surface area is 180 Å². The van der Waals surface area contributed by atoms with Crippen molar-refractivity contribution < 1.29 is 9.84 Å². The number of ether oxygens (including phenoxy) is 1. The summed E-state index contributed by atoms with van der Waals surface area (Å²) in [5, 5.41) is 16.8. The molecule has 26 heavy (non-hydrogen) atoms. The summed E-state index contributed by atoms with van der Waals surface area (Å²) in [4.78, 5) is 4.58. The van der Waals surface area contributed by atoms with E-state index in [0.29, 0.717) is 23.8 Å². The lowest BCUT2D eigenvalue weighted by atomic mass is 10.1. The van der Waals surface area contributed by atoms with Crippen LogP contribution >= 0.6 is 39.9 Å². The molecule has 2 aromatic carbocycles. The molecule has 0 saturated heterocycles. The fourth-order valence-corrected chi connectivity index (χ4v) is 3.08. The summed E-state index contributed by atoms with van der Waals surface area (Å²) >= 11 is 3.58. The van der Waals surface area contributed by atoms with Crippen LogP contribution in [-0.4, -0.2) is 24.7 Å². The van der Waals surface area contributed by atoms with Crippen LogP contribution in [0.15, 0.2) is 51.9 Å². The van der Waals surface area contributed by atoms with Crippen molar-refractivity contribution in [2.24, 2.45) is 4.99 Å². The van der Waals surface area contributed by atoms with Crippen molar-refractivity contribution >= 4 is 45.9 Å². The number of hydrogen-bond acceptors (Lipinski definition) is 3. The van der Waals surface area contributed by atoms with Crippen molar-refractivity contribution in [1.29, 1.82) is 0 Å². The highest BCUT2D eigenvalue weighted by Crippen LogP contribution is 2.29. The van der Waals surface area contributed by atoms with E-state index in [1.165, 1.54) is 7.11 Å². The van der Waals surface area contributed by atoms with Crippen molar-refractivity contribution in [3.8, 4) is 11.5 Å². The summed E-state index contributed by atoms with van der Waals surface area (Å²) in [5.74, 6) is 1.27. The minimum Gasteiger partial charge on any atom is -0.504 e. The van der Waals surface area contributed by atoms with Gasteiger partial charge in [0.1, 0.15) is 0 Å². The van der Waals surface area contributed by atoms with Gasteiger partial charge in [-0.25, -0.2) is 4.99 Å². The lowest BCUT2D eigenvalue weighted by Crippen LogP contribution is -2.38. The summed E-state index contributed by atoms with van der Waals surface area (Å²) in [6, 6.07) is 13.6. The Hall–Kier alpha value is -1.48. The molecule has 0 bridgehead atoms. The lowest BCUT2D eigenvalue weighted by molar-refractivity contribution is 0.370. The monoisotopic (exact) mass is 533 g/mol. The molecule has 2 aromatic rings. The summed E-state index contributed by atoms with van der Waals surface area (Å²) in [6.07, 6.45) is 0. The smallest absolute Gasteiger partial charge is 0.192 e. The highest BCUT2D eigenvalue weighted by molar-refractivity contribution is 14.0. The standard InChI is InChI=1S/C19H24BrN3O2.HI/c1-4-21-19(23-13(2)15-9-5-6-10-16(15)20)22-12-14-8-7-11-17(25-3)18(14)24;/h5-11,13,24H,4,12H2,1-3H3,(H2,21,22,23);1H. The van der Waals surface area contributed by atoms with Gasteiger partial charge in [0.25, 0.3) is 0 Å². The molecule has 0 radical (unpaired) electrons. The molecule has 142 valence electrons. The Bertz CT molecular complexity index is 740. The molecule has 0 aliphatic heterocycles. The molecule has 5 nitrogen and oxygen atoms in total. The zero-order valence-corrected chi connectivity index (χ0v) is 19.0.